The number of aromatic nitrogens is 4. The highest BCUT2D eigenvalue weighted by molar-refractivity contribution is 7.89. The molecule has 1 aliphatic heterocycles. The Balaban J connectivity index is 1.42. The van der Waals surface area contributed by atoms with E-state index in [1.54, 1.807) is 17.8 Å². The molecule has 3 unspecified atom stereocenters. The third kappa shape index (κ3) is 5.49. The van der Waals surface area contributed by atoms with Gasteiger partial charge in [0.1, 0.15) is 11.2 Å². The van der Waals surface area contributed by atoms with Crippen LogP contribution >= 0.6 is 11.3 Å². The SMILES string of the molecule is CC1CCC(CN(C)c2cc(S(=O)(=O)NC3(C#N)CC3)cc3c(-c4nnc(C(F)F)s4)nn(C)c23)C1C(=O)N1CCCC1. The summed E-state index contributed by atoms with van der Waals surface area (Å²) in [7, 11) is -0.564. The van der Waals surface area contributed by atoms with Gasteiger partial charge in [-0.3, -0.25) is 9.48 Å². The maximum atomic E-state index is 13.6. The van der Waals surface area contributed by atoms with E-state index in [1.807, 2.05) is 16.8 Å². The molecular weight excluding hydrogens is 598 g/mol. The Morgan fingerprint density at radius 2 is 1.98 bits per heavy atom. The Morgan fingerprint density at radius 1 is 1.26 bits per heavy atom. The third-order valence-electron chi connectivity index (χ3n) is 9.06. The van der Waals surface area contributed by atoms with Crippen LogP contribution in [0.5, 0.6) is 0 Å². The number of hydrogen-bond acceptors (Lipinski definition) is 9. The number of nitrogens with zero attached hydrogens (tertiary/aromatic N) is 7. The second kappa shape index (κ2) is 11.0. The van der Waals surface area contributed by atoms with Crippen LogP contribution in [0.1, 0.15) is 56.9 Å². The quantitative estimate of drug-likeness (QED) is 0.373. The second-order valence-corrected chi connectivity index (χ2v) is 14.8. The minimum atomic E-state index is -4.13. The number of rotatable bonds is 9. The first-order valence-corrected chi connectivity index (χ1v) is 16.8. The molecule has 2 aliphatic carbocycles. The highest BCUT2D eigenvalue weighted by atomic mass is 32.2. The molecule has 15 heteroatoms. The van der Waals surface area contributed by atoms with Crippen molar-refractivity contribution in [2.45, 2.75) is 62.3 Å². The average molecular weight is 633 g/mol. The van der Waals surface area contributed by atoms with Crippen LogP contribution in [0.4, 0.5) is 14.5 Å². The summed E-state index contributed by atoms with van der Waals surface area (Å²) in [5.74, 6) is 0.394. The van der Waals surface area contributed by atoms with Gasteiger partial charge in [-0.2, -0.15) is 15.1 Å². The number of alkyl halides is 2. The molecule has 6 rings (SSSR count). The fourth-order valence-corrected chi connectivity index (χ4v) is 8.74. The number of fused-ring (bicyclic) bond motifs is 1. The summed E-state index contributed by atoms with van der Waals surface area (Å²) in [6, 6.07) is 5.07. The molecule has 3 aromatic rings. The Kier molecular flexibility index (Phi) is 7.67. The predicted molar refractivity (Wildman–Crippen MR) is 157 cm³/mol. The standard InChI is InChI=1S/C28H34F2N8O3S2/c1-16-6-7-17(21(16)27(39)38-10-4-5-11-38)14-36(2)20-13-18(43(40,41)35-28(15-31)8-9-28)12-19-22(34-37(3)23(19)20)25-32-33-26(42-25)24(29)30/h12-13,16-17,21,24,35H,4-11,14H2,1-3H3. The van der Waals surface area contributed by atoms with Crippen LogP contribution in [0.25, 0.3) is 21.6 Å². The lowest BCUT2D eigenvalue weighted by Crippen LogP contribution is -2.40. The third-order valence-corrected chi connectivity index (χ3v) is 11.5. The summed E-state index contributed by atoms with van der Waals surface area (Å²) in [6.45, 7) is 4.22. The van der Waals surface area contributed by atoms with Gasteiger partial charge in [0.05, 0.1) is 22.2 Å². The van der Waals surface area contributed by atoms with Gasteiger partial charge >= 0.3 is 0 Å². The first-order chi connectivity index (χ1) is 20.4. The first kappa shape index (κ1) is 29.8. The summed E-state index contributed by atoms with van der Waals surface area (Å²) in [5.41, 5.74) is 0.268. The number of sulfonamides is 1. The van der Waals surface area contributed by atoms with Gasteiger partial charge in [-0.25, -0.2) is 17.2 Å². The van der Waals surface area contributed by atoms with Crippen molar-refractivity contribution in [1.82, 2.24) is 29.6 Å². The van der Waals surface area contributed by atoms with Gasteiger partial charge in [0, 0.05) is 45.0 Å². The maximum Gasteiger partial charge on any atom is 0.291 e. The molecule has 3 heterocycles. The second-order valence-electron chi connectivity index (χ2n) is 12.1. The van der Waals surface area contributed by atoms with Crippen LogP contribution in [0.3, 0.4) is 0 Å². The van der Waals surface area contributed by atoms with Gasteiger partial charge in [0.15, 0.2) is 10.0 Å². The number of aryl methyl sites for hydroxylation is 1. The van der Waals surface area contributed by atoms with E-state index in [4.69, 9.17) is 0 Å². The van der Waals surface area contributed by atoms with E-state index in [0.717, 1.165) is 38.8 Å². The Bertz CT molecular complexity index is 1710. The van der Waals surface area contributed by atoms with Crippen LogP contribution < -0.4 is 9.62 Å². The van der Waals surface area contributed by atoms with Gasteiger partial charge < -0.3 is 9.80 Å². The number of nitriles is 1. The number of likely N-dealkylation sites (tertiary alicyclic amines) is 1. The summed E-state index contributed by atoms with van der Waals surface area (Å²) in [4.78, 5) is 17.4. The average Bonchev–Trinajstić information content (AvgIpc) is 3.46. The highest BCUT2D eigenvalue weighted by Gasteiger charge is 2.47. The van der Waals surface area contributed by atoms with E-state index >= 15 is 0 Å². The summed E-state index contributed by atoms with van der Waals surface area (Å²) >= 11 is 0.703. The van der Waals surface area contributed by atoms with Crippen molar-refractivity contribution < 1.29 is 22.0 Å². The molecule has 11 nitrogen and oxygen atoms in total. The Hall–Kier alpha value is -3.22. The van der Waals surface area contributed by atoms with Crippen LogP contribution in [-0.2, 0) is 21.9 Å². The summed E-state index contributed by atoms with van der Waals surface area (Å²) < 4.78 is 58.0. The molecule has 1 N–H and O–H groups in total. The van der Waals surface area contributed by atoms with Crippen LogP contribution in [-0.4, -0.2) is 71.4 Å². The van der Waals surface area contributed by atoms with Crippen molar-refractivity contribution in [3.8, 4) is 16.8 Å². The molecule has 3 atom stereocenters. The van der Waals surface area contributed by atoms with Crippen molar-refractivity contribution in [2.24, 2.45) is 24.8 Å². The van der Waals surface area contributed by atoms with E-state index in [1.165, 1.54) is 6.07 Å². The zero-order chi connectivity index (χ0) is 30.7. The summed E-state index contributed by atoms with van der Waals surface area (Å²) in [5, 5.41) is 21.7. The van der Waals surface area contributed by atoms with Crippen molar-refractivity contribution >= 4 is 43.9 Å². The van der Waals surface area contributed by atoms with Crippen molar-refractivity contribution in [3.63, 3.8) is 0 Å². The zero-order valence-corrected chi connectivity index (χ0v) is 25.9. The number of halogens is 2. The molecule has 1 amide bonds. The smallest absolute Gasteiger partial charge is 0.291 e. The molecule has 0 bridgehead atoms. The van der Waals surface area contributed by atoms with Gasteiger partial charge in [-0.1, -0.05) is 18.3 Å². The molecule has 3 fully saturated rings. The number of anilines is 1. The zero-order valence-electron chi connectivity index (χ0n) is 24.3. The normalized spacial score (nSPS) is 23.3. The molecule has 0 spiro atoms. The predicted octanol–water partition coefficient (Wildman–Crippen LogP) is 4.08. The lowest BCUT2D eigenvalue weighted by Gasteiger charge is -2.31. The number of amides is 1. The number of nitrogens with one attached hydrogen (secondary N) is 1. The van der Waals surface area contributed by atoms with Crippen LogP contribution in [0.2, 0.25) is 0 Å². The van der Waals surface area contributed by atoms with E-state index in [0.29, 0.717) is 47.3 Å². The molecular formula is C28H34F2N8O3S2. The Labute approximate surface area is 252 Å². The monoisotopic (exact) mass is 632 g/mol. The van der Waals surface area contributed by atoms with Gasteiger partial charge in [0.25, 0.3) is 6.43 Å². The fraction of sp³-hybridized carbons (Fsp3) is 0.607. The largest absolute Gasteiger partial charge is 0.373 e. The summed E-state index contributed by atoms with van der Waals surface area (Å²) in [6.07, 6.45) is 1.90. The molecule has 43 heavy (non-hydrogen) atoms. The number of hydrogen-bond donors (Lipinski definition) is 1. The van der Waals surface area contributed by atoms with Crippen molar-refractivity contribution in [2.75, 3.05) is 31.6 Å². The molecule has 1 aromatic carbocycles. The lowest BCUT2D eigenvalue weighted by atomic mass is 9.88. The topological polar surface area (TPSA) is 137 Å². The minimum absolute atomic E-state index is 0.0688. The van der Waals surface area contributed by atoms with E-state index in [9.17, 15) is 27.3 Å². The molecule has 2 saturated carbocycles. The fourth-order valence-electron chi connectivity index (χ4n) is 6.62. The van der Waals surface area contributed by atoms with Crippen molar-refractivity contribution in [1.29, 1.82) is 5.26 Å². The Morgan fingerprint density at radius 3 is 2.60 bits per heavy atom. The number of carbonyl (C=O) groups excluding carboxylic acids is 1. The molecule has 2 aromatic heterocycles. The van der Waals surface area contributed by atoms with Gasteiger partial charge in [-0.15, -0.1) is 10.2 Å². The minimum Gasteiger partial charge on any atom is -0.373 e. The van der Waals surface area contributed by atoms with Crippen molar-refractivity contribution in [3.05, 3.63) is 17.1 Å². The molecule has 3 aliphatic rings. The van der Waals surface area contributed by atoms with E-state index in [-0.39, 0.29) is 39.3 Å². The van der Waals surface area contributed by atoms with Crippen LogP contribution in [0, 0.1) is 29.1 Å². The van der Waals surface area contributed by atoms with E-state index in [2.05, 4.69) is 33.0 Å². The first-order valence-electron chi connectivity index (χ1n) is 14.5. The molecule has 1 saturated heterocycles. The van der Waals surface area contributed by atoms with E-state index < -0.39 is 27.0 Å². The number of carbonyl (C=O) groups is 1. The molecule has 0 radical (unpaired) electrons. The highest BCUT2D eigenvalue weighted by Crippen LogP contribution is 2.43. The molecule has 230 valence electrons. The lowest BCUT2D eigenvalue weighted by molar-refractivity contribution is -0.136. The van der Waals surface area contributed by atoms with Gasteiger partial charge in [-0.05, 0) is 62.5 Å². The maximum absolute atomic E-state index is 13.6. The number of benzene rings is 1. The van der Waals surface area contributed by atoms with Crippen LogP contribution in [0.15, 0.2) is 17.0 Å². The van der Waals surface area contributed by atoms with Gasteiger partial charge in [0.2, 0.25) is 15.9 Å².